The molecule has 0 spiro atoms. The van der Waals surface area contributed by atoms with Crippen LogP contribution in [0.5, 0.6) is 5.75 Å². The first kappa shape index (κ1) is 16.0. The van der Waals surface area contributed by atoms with Crippen LogP contribution in [0, 0.1) is 0 Å². The summed E-state index contributed by atoms with van der Waals surface area (Å²) in [6.45, 7) is 5.63. The van der Waals surface area contributed by atoms with Crippen molar-refractivity contribution in [3.63, 3.8) is 0 Å². The van der Waals surface area contributed by atoms with Crippen molar-refractivity contribution in [1.82, 2.24) is 4.90 Å². The van der Waals surface area contributed by atoms with E-state index in [1.807, 2.05) is 23.9 Å². The fourth-order valence-electron chi connectivity index (χ4n) is 2.20. The van der Waals surface area contributed by atoms with Crippen molar-refractivity contribution in [1.29, 1.82) is 0 Å². The average Bonchev–Trinajstić information content (AvgIpc) is 2.54. The Kier molecular flexibility index (Phi) is 6.73. The normalized spacial score (nSPS) is 16.0. The highest BCUT2D eigenvalue weighted by Crippen LogP contribution is 2.14. The Morgan fingerprint density at radius 2 is 2.19 bits per heavy atom. The van der Waals surface area contributed by atoms with E-state index in [9.17, 15) is 0 Å². The van der Waals surface area contributed by atoms with Gasteiger partial charge < -0.3 is 15.4 Å². The first-order valence-electron chi connectivity index (χ1n) is 7.64. The van der Waals surface area contributed by atoms with Crippen molar-refractivity contribution in [2.75, 3.05) is 37.7 Å². The summed E-state index contributed by atoms with van der Waals surface area (Å²) in [5.41, 5.74) is 7.29. The molecular formula is C16H25N3OS. The fraction of sp³-hybridized carbons (Fsp3) is 0.562. The Balaban J connectivity index is 1.81. The molecule has 0 aromatic heterocycles. The fourth-order valence-corrected chi connectivity index (χ4v) is 3.11. The Hall–Kier alpha value is -1.36. The first-order valence-corrected chi connectivity index (χ1v) is 8.79. The van der Waals surface area contributed by atoms with Crippen LogP contribution in [-0.2, 0) is 6.42 Å². The van der Waals surface area contributed by atoms with Crippen LogP contribution >= 0.6 is 11.8 Å². The molecule has 2 rings (SSSR count). The molecule has 1 aliphatic rings. The van der Waals surface area contributed by atoms with E-state index in [4.69, 9.17) is 10.5 Å². The van der Waals surface area contributed by atoms with E-state index in [0.29, 0.717) is 5.96 Å². The molecule has 0 aliphatic carbocycles. The highest BCUT2D eigenvalue weighted by Gasteiger charge is 2.11. The van der Waals surface area contributed by atoms with E-state index in [0.717, 1.165) is 56.3 Å². The van der Waals surface area contributed by atoms with Crippen molar-refractivity contribution >= 4 is 17.7 Å². The maximum Gasteiger partial charge on any atom is 0.191 e. The lowest BCUT2D eigenvalue weighted by molar-refractivity contribution is 0.317. The maximum atomic E-state index is 6.05. The lowest BCUT2D eigenvalue weighted by Gasteiger charge is -2.27. The summed E-state index contributed by atoms with van der Waals surface area (Å²) < 4.78 is 5.65. The number of thioether (sulfide) groups is 1. The highest BCUT2D eigenvalue weighted by molar-refractivity contribution is 7.99. The van der Waals surface area contributed by atoms with E-state index in [1.54, 1.807) is 0 Å². The van der Waals surface area contributed by atoms with E-state index in [-0.39, 0.29) is 0 Å². The third-order valence-corrected chi connectivity index (χ3v) is 4.32. The molecule has 0 unspecified atom stereocenters. The molecule has 0 amide bonds. The number of nitrogens with two attached hydrogens (primary N) is 1. The molecule has 1 saturated heterocycles. The summed E-state index contributed by atoms with van der Waals surface area (Å²) in [5.74, 6) is 3.92. The molecule has 5 heteroatoms. The van der Waals surface area contributed by atoms with Gasteiger partial charge in [-0.2, -0.15) is 11.8 Å². The molecular weight excluding hydrogens is 282 g/mol. The van der Waals surface area contributed by atoms with Crippen molar-refractivity contribution in [2.45, 2.75) is 19.8 Å². The zero-order chi connectivity index (χ0) is 14.9. The predicted molar refractivity (Wildman–Crippen MR) is 91.3 cm³/mol. The molecule has 1 aliphatic heterocycles. The quantitative estimate of drug-likeness (QED) is 0.647. The van der Waals surface area contributed by atoms with Gasteiger partial charge in [0.1, 0.15) is 5.75 Å². The first-order chi connectivity index (χ1) is 10.3. The van der Waals surface area contributed by atoms with Gasteiger partial charge in [0.15, 0.2) is 5.96 Å². The van der Waals surface area contributed by atoms with Gasteiger partial charge in [-0.3, -0.25) is 4.99 Å². The summed E-state index contributed by atoms with van der Waals surface area (Å²) >= 11 is 1.98. The largest absolute Gasteiger partial charge is 0.494 e. The van der Waals surface area contributed by atoms with Crippen molar-refractivity contribution in [2.24, 2.45) is 10.7 Å². The molecule has 1 aromatic carbocycles. The molecule has 0 saturated carbocycles. The second kappa shape index (κ2) is 8.82. The number of nitrogens with zero attached hydrogens (tertiary/aromatic N) is 2. The lowest BCUT2D eigenvalue weighted by atomic mass is 10.1. The van der Waals surface area contributed by atoms with Crippen LogP contribution in [0.25, 0.3) is 0 Å². The van der Waals surface area contributed by atoms with Crippen LogP contribution in [0.15, 0.2) is 29.3 Å². The summed E-state index contributed by atoms with van der Waals surface area (Å²) in [7, 11) is 0. The van der Waals surface area contributed by atoms with E-state index in [2.05, 4.69) is 28.9 Å². The number of hydrogen-bond donors (Lipinski definition) is 1. The SMILES string of the molecule is CCCOc1cccc(CCN=C(N)N2CCSCC2)c1. The van der Waals surface area contributed by atoms with Gasteiger partial charge in [0.2, 0.25) is 0 Å². The third kappa shape index (κ3) is 5.50. The van der Waals surface area contributed by atoms with Crippen LogP contribution in [0.1, 0.15) is 18.9 Å². The van der Waals surface area contributed by atoms with Crippen LogP contribution in [0.2, 0.25) is 0 Å². The van der Waals surface area contributed by atoms with Gasteiger partial charge in [-0.05, 0) is 30.5 Å². The molecule has 116 valence electrons. The van der Waals surface area contributed by atoms with Crippen LogP contribution in [-0.4, -0.2) is 48.6 Å². The number of aliphatic imine (C=N–C) groups is 1. The van der Waals surface area contributed by atoms with Gasteiger partial charge in [-0.15, -0.1) is 0 Å². The highest BCUT2D eigenvalue weighted by atomic mass is 32.2. The summed E-state index contributed by atoms with van der Waals surface area (Å²) in [6.07, 6.45) is 1.92. The van der Waals surface area contributed by atoms with Crippen molar-refractivity contribution in [3.8, 4) is 5.75 Å². The zero-order valence-electron chi connectivity index (χ0n) is 12.8. The number of guanidine groups is 1. The van der Waals surface area contributed by atoms with E-state index >= 15 is 0 Å². The van der Waals surface area contributed by atoms with Crippen molar-refractivity contribution in [3.05, 3.63) is 29.8 Å². The molecule has 1 aromatic rings. The predicted octanol–water partition coefficient (Wildman–Crippen LogP) is 2.38. The molecule has 0 atom stereocenters. The van der Waals surface area contributed by atoms with E-state index in [1.165, 1.54) is 5.56 Å². The zero-order valence-corrected chi connectivity index (χ0v) is 13.6. The van der Waals surface area contributed by atoms with Gasteiger partial charge in [0.05, 0.1) is 6.61 Å². The number of rotatable bonds is 6. The van der Waals surface area contributed by atoms with Gasteiger partial charge >= 0.3 is 0 Å². The standard InChI is InChI=1S/C16H25N3OS/c1-2-10-20-15-5-3-4-14(13-15)6-7-18-16(17)19-8-11-21-12-9-19/h3-5,13H,2,6-12H2,1H3,(H2,17,18). The van der Waals surface area contributed by atoms with Gasteiger partial charge in [-0.1, -0.05) is 19.1 Å². The topological polar surface area (TPSA) is 50.9 Å². The Morgan fingerprint density at radius 3 is 2.95 bits per heavy atom. The van der Waals surface area contributed by atoms with Crippen LogP contribution in [0.4, 0.5) is 0 Å². The number of benzene rings is 1. The minimum absolute atomic E-state index is 0.689. The molecule has 0 radical (unpaired) electrons. The molecule has 4 nitrogen and oxygen atoms in total. The average molecular weight is 307 g/mol. The number of ether oxygens (including phenoxy) is 1. The van der Waals surface area contributed by atoms with Crippen molar-refractivity contribution < 1.29 is 4.74 Å². The third-order valence-electron chi connectivity index (χ3n) is 3.38. The Morgan fingerprint density at radius 1 is 1.38 bits per heavy atom. The van der Waals surface area contributed by atoms with E-state index < -0.39 is 0 Å². The molecule has 1 heterocycles. The van der Waals surface area contributed by atoms with Gasteiger partial charge in [0.25, 0.3) is 0 Å². The Labute approximate surface area is 131 Å². The molecule has 0 bridgehead atoms. The molecule has 2 N–H and O–H groups in total. The Bertz CT molecular complexity index is 459. The minimum Gasteiger partial charge on any atom is -0.494 e. The lowest BCUT2D eigenvalue weighted by Crippen LogP contribution is -2.42. The van der Waals surface area contributed by atoms with Gasteiger partial charge in [-0.25, -0.2) is 0 Å². The van der Waals surface area contributed by atoms with Crippen LogP contribution < -0.4 is 10.5 Å². The summed E-state index contributed by atoms with van der Waals surface area (Å²) in [6, 6.07) is 8.25. The number of hydrogen-bond acceptors (Lipinski definition) is 3. The minimum atomic E-state index is 0.689. The molecule has 1 fully saturated rings. The summed E-state index contributed by atoms with van der Waals surface area (Å²) in [4.78, 5) is 6.68. The maximum absolute atomic E-state index is 6.05. The monoisotopic (exact) mass is 307 g/mol. The summed E-state index contributed by atoms with van der Waals surface area (Å²) in [5, 5.41) is 0. The molecule has 21 heavy (non-hydrogen) atoms. The van der Waals surface area contributed by atoms with Crippen LogP contribution in [0.3, 0.4) is 0 Å². The smallest absolute Gasteiger partial charge is 0.191 e. The second-order valence-corrected chi connectivity index (χ2v) is 6.31. The van der Waals surface area contributed by atoms with Gasteiger partial charge in [0, 0.05) is 31.1 Å². The second-order valence-electron chi connectivity index (χ2n) is 5.09.